The van der Waals surface area contributed by atoms with Crippen molar-refractivity contribution < 1.29 is 4.74 Å². The highest BCUT2D eigenvalue weighted by Gasteiger charge is 2.20. The molecule has 5 heteroatoms. The summed E-state index contributed by atoms with van der Waals surface area (Å²) < 4.78 is 7.09. The van der Waals surface area contributed by atoms with Gasteiger partial charge in [0.25, 0.3) is 0 Å². The van der Waals surface area contributed by atoms with Crippen molar-refractivity contribution in [3.05, 3.63) is 29.3 Å². The summed E-state index contributed by atoms with van der Waals surface area (Å²) in [4.78, 5) is 7.15. The molecular formula is C16H23N3OS. The summed E-state index contributed by atoms with van der Waals surface area (Å²) in [5, 5.41) is 4.72. The van der Waals surface area contributed by atoms with Gasteiger partial charge >= 0.3 is 0 Å². The van der Waals surface area contributed by atoms with Crippen LogP contribution in [0.4, 0.5) is 0 Å². The van der Waals surface area contributed by atoms with Crippen LogP contribution in [0.15, 0.2) is 24.3 Å². The van der Waals surface area contributed by atoms with Crippen LogP contribution in [0, 0.1) is 0 Å². The average Bonchev–Trinajstić information content (AvgIpc) is 2.97. The van der Waals surface area contributed by atoms with Crippen LogP contribution < -0.4 is 5.32 Å². The summed E-state index contributed by atoms with van der Waals surface area (Å²) >= 11 is 1.77. The van der Waals surface area contributed by atoms with Gasteiger partial charge in [-0.15, -0.1) is 11.3 Å². The molecule has 1 aliphatic rings. The number of rotatable bonds is 5. The first-order valence-corrected chi connectivity index (χ1v) is 8.50. The molecule has 114 valence electrons. The van der Waals surface area contributed by atoms with E-state index in [4.69, 9.17) is 9.72 Å². The van der Waals surface area contributed by atoms with Crippen molar-refractivity contribution in [2.24, 2.45) is 0 Å². The summed E-state index contributed by atoms with van der Waals surface area (Å²) in [6, 6.07) is 8.58. The van der Waals surface area contributed by atoms with Crippen LogP contribution in [0.2, 0.25) is 0 Å². The van der Waals surface area contributed by atoms with Crippen molar-refractivity contribution in [1.29, 1.82) is 0 Å². The van der Waals surface area contributed by atoms with E-state index < -0.39 is 0 Å². The highest BCUT2D eigenvalue weighted by Crippen LogP contribution is 2.26. The first-order valence-electron chi connectivity index (χ1n) is 7.69. The lowest BCUT2D eigenvalue weighted by atomic mass is 10.2. The van der Waals surface area contributed by atoms with Gasteiger partial charge in [0.05, 0.1) is 29.0 Å². The average molecular weight is 305 g/mol. The van der Waals surface area contributed by atoms with Crippen LogP contribution in [0.25, 0.3) is 10.2 Å². The van der Waals surface area contributed by atoms with Crippen LogP contribution in [-0.4, -0.2) is 48.8 Å². The zero-order valence-electron chi connectivity index (χ0n) is 12.7. The van der Waals surface area contributed by atoms with Crippen molar-refractivity contribution in [1.82, 2.24) is 15.2 Å². The van der Waals surface area contributed by atoms with Gasteiger partial charge in [0.2, 0.25) is 0 Å². The zero-order valence-corrected chi connectivity index (χ0v) is 13.5. The van der Waals surface area contributed by atoms with Crippen LogP contribution in [0.3, 0.4) is 0 Å². The van der Waals surface area contributed by atoms with Gasteiger partial charge in [0.15, 0.2) is 0 Å². The standard InChI is InChI=1S/C16H23N3OS/c1-3-19-8-9-20-13(11-19)10-17-12(2)16-18-14-6-4-5-7-15(14)21-16/h4-7,12-13,17H,3,8-11H2,1-2H3. The second kappa shape index (κ2) is 6.83. The molecular weight excluding hydrogens is 282 g/mol. The van der Waals surface area contributed by atoms with Crippen molar-refractivity contribution in [2.45, 2.75) is 26.0 Å². The lowest BCUT2D eigenvalue weighted by Gasteiger charge is -2.32. The maximum atomic E-state index is 5.83. The van der Waals surface area contributed by atoms with Gasteiger partial charge in [-0.3, -0.25) is 4.90 Å². The number of hydrogen-bond donors (Lipinski definition) is 1. The number of hydrogen-bond acceptors (Lipinski definition) is 5. The second-order valence-corrected chi connectivity index (χ2v) is 6.60. The Bertz CT molecular complexity index is 553. The number of thiazole rings is 1. The molecule has 1 aliphatic heterocycles. The molecule has 2 heterocycles. The molecule has 0 amide bonds. The highest BCUT2D eigenvalue weighted by molar-refractivity contribution is 7.18. The van der Waals surface area contributed by atoms with Crippen molar-refractivity contribution in [3.8, 4) is 0 Å². The minimum Gasteiger partial charge on any atom is -0.374 e. The number of nitrogens with zero attached hydrogens (tertiary/aromatic N) is 2. The summed E-state index contributed by atoms with van der Waals surface area (Å²) in [6.45, 7) is 9.30. The van der Waals surface area contributed by atoms with E-state index in [1.165, 1.54) is 4.70 Å². The Hall–Kier alpha value is -1.01. The quantitative estimate of drug-likeness (QED) is 0.921. The number of morpholine rings is 1. The molecule has 1 aromatic carbocycles. The molecule has 2 unspecified atom stereocenters. The number of para-hydroxylation sites is 1. The summed E-state index contributed by atoms with van der Waals surface area (Å²) in [5.74, 6) is 0. The Labute approximate surface area is 130 Å². The summed E-state index contributed by atoms with van der Waals surface area (Å²) in [5.41, 5.74) is 1.09. The van der Waals surface area contributed by atoms with Gasteiger partial charge in [0.1, 0.15) is 5.01 Å². The zero-order chi connectivity index (χ0) is 14.7. The van der Waals surface area contributed by atoms with Crippen LogP contribution in [-0.2, 0) is 4.74 Å². The number of likely N-dealkylation sites (N-methyl/N-ethyl adjacent to an activating group) is 1. The molecule has 1 fully saturated rings. The van der Waals surface area contributed by atoms with E-state index in [1.807, 2.05) is 6.07 Å². The van der Waals surface area contributed by atoms with E-state index in [-0.39, 0.29) is 12.1 Å². The van der Waals surface area contributed by atoms with Gasteiger partial charge in [-0.1, -0.05) is 19.1 Å². The number of benzene rings is 1. The molecule has 0 saturated carbocycles. The normalized spacial score (nSPS) is 21.7. The molecule has 4 nitrogen and oxygen atoms in total. The third-order valence-corrected chi connectivity index (χ3v) is 5.22. The van der Waals surface area contributed by atoms with Crippen LogP contribution in [0.5, 0.6) is 0 Å². The SMILES string of the molecule is CCN1CCOC(CNC(C)c2nc3ccccc3s2)C1. The third-order valence-electron chi connectivity index (χ3n) is 4.00. The van der Waals surface area contributed by atoms with E-state index in [1.54, 1.807) is 11.3 Å². The van der Waals surface area contributed by atoms with Crippen molar-refractivity contribution in [3.63, 3.8) is 0 Å². The largest absolute Gasteiger partial charge is 0.374 e. The monoisotopic (exact) mass is 305 g/mol. The van der Waals surface area contributed by atoms with Gasteiger partial charge in [-0.25, -0.2) is 4.98 Å². The molecule has 0 radical (unpaired) electrons. The minimum absolute atomic E-state index is 0.267. The molecule has 1 N–H and O–H groups in total. The fourth-order valence-corrected chi connectivity index (χ4v) is 3.66. The maximum absolute atomic E-state index is 5.83. The maximum Gasteiger partial charge on any atom is 0.111 e. The Kier molecular flexibility index (Phi) is 4.85. The van der Waals surface area contributed by atoms with Gasteiger partial charge in [-0.05, 0) is 25.6 Å². The number of fused-ring (bicyclic) bond motifs is 1. The molecule has 0 spiro atoms. The Morgan fingerprint density at radius 3 is 3.14 bits per heavy atom. The topological polar surface area (TPSA) is 37.4 Å². The number of nitrogens with one attached hydrogen (secondary N) is 1. The Morgan fingerprint density at radius 2 is 2.33 bits per heavy atom. The van der Waals surface area contributed by atoms with E-state index >= 15 is 0 Å². The van der Waals surface area contributed by atoms with E-state index in [9.17, 15) is 0 Å². The molecule has 2 aromatic rings. The third kappa shape index (κ3) is 3.61. The molecule has 0 aliphatic carbocycles. The van der Waals surface area contributed by atoms with Crippen molar-refractivity contribution in [2.75, 3.05) is 32.8 Å². The summed E-state index contributed by atoms with van der Waals surface area (Å²) in [6.07, 6.45) is 0.288. The number of aromatic nitrogens is 1. The highest BCUT2D eigenvalue weighted by atomic mass is 32.1. The molecule has 2 atom stereocenters. The minimum atomic E-state index is 0.267. The Morgan fingerprint density at radius 1 is 1.48 bits per heavy atom. The molecule has 1 aromatic heterocycles. The van der Waals surface area contributed by atoms with Crippen LogP contribution in [0.1, 0.15) is 24.9 Å². The van der Waals surface area contributed by atoms with E-state index in [0.29, 0.717) is 0 Å². The predicted molar refractivity (Wildman–Crippen MR) is 87.9 cm³/mol. The smallest absolute Gasteiger partial charge is 0.111 e. The number of ether oxygens (including phenoxy) is 1. The van der Waals surface area contributed by atoms with Gasteiger partial charge in [-0.2, -0.15) is 0 Å². The lowest BCUT2D eigenvalue weighted by Crippen LogP contribution is -2.46. The van der Waals surface area contributed by atoms with E-state index in [2.05, 4.69) is 42.3 Å². The first kappa shape index (κ1) is 14.9. The lowest BCUT2D eigenvalue weighted by molar-refractivity contribution is -0.0261. The molecule has 1 saturated heterocycles. The first-order chi connectivity index (χ1) is 10.3. The van der Waals surface area contributed by atoms with E-state index in [0.717, 1.165) is 43.3 Å². The molecule has 3 rings (SSSR count). The van der Waals surface area contributed by atoms with Gasteiger partial charge < -0.3 is 10.1 Å². The predicted octanol–water partition coefficient (Wildman–Crippen LogP) is 2.67. The molecule has 0 bridgehead atoms. The molecule has 21 heavy (non-hydrogen) atoms. The summed E-state index contributed by atoms with van der Waals surface area (Å²) in [7, 11) is 0. The van der Waals surface area contributed by atoms with Crippen molar-refractivity contribution >= 4 is 21.6 Å². The fraction of sp³-hybridized carbons (Fsp3) is 0.562. The fourth-order valence-electron chi connectivity index (χ4n) is 2.66. The van der Waals surface area contributed by atoms with Gasteiger partial charge in [0, 0.05) is 19.6 Å². The Balaban J connectivity index is 1.57. The van der Waals surface area contributed by atoms with Crippen LogP contribution >= 0.6 is 11.3 Å². The second-order valence-electron chi connectivity index (χ2n) is 5.54.